The molecule has 0 spiro atoms. The third-order valence-electron chi connectivity index (χ3n) is 4.64. The van der Waals surface area contributed by atoms with Crippen molar-refractivity contribution in [2.45, 2.75) is 19.3 Å². The Morgan fingerprint density at radius 3 is 2.19 bits per heavy atom. The Balaban J connectivity index is 1.45. The van der Waals surface area contributed by atoms with Gasteiger partial charge in [0.1, 0.15) is 0 Å². The summed E-state index contributed by atoms with van der Waals surface area (Å²) in [6.45, 7) is -0.165. The van der Waals surface area contributed by atoms with Gasteiger partial charge in [0.15, 0.2) is 18.1 Å². The number of aryl methyl sites for hydroxylation is 1. The summed E-state index contributed by atoms with van der Waals surface area (Å²) < 4.78 is 10.7. The maximum Gasteiger partial charge on any atom is 0.262 e. The van der Waals surface area contributed by atoms with Gasteiger partial charge < -0.3 is 20.1 Å². The van der Waals surface area contributed by atoms with E-state index in [2.05, 4.69) is 10.6 Å². The molecule has 0 bridgehead atoms. The number of carbonyl (C=O) groups excluding carboxylic acids is 2. The predicted octanol–water partition coefficient (Wildman–Crippen LogP) is 5.33. The molecule has 32 heavy (non-hydrogen) atoms. The molecule has 166 valence electrons. The van der Waals surface area contributed by atoms with Crippen molar-refractivity contribution in [3.63, 3.8) is 0 Å². The number of ether oxygens (including phenoxy) is 2. The van der Waals surface area contributed by atoms with Crippen molar-refractivity contribution in [2.75, 3.05) is 24.4 Å². The first-order chi connectivity index (χ1) is 15.5. The number of para-hydroxylation sites is 2. The van der Waals surface area contributed by atoms with Gasteiger partial charge in [0, 0.05) is 22.8 Å². The van der Waals surface area contributed by atoms with Gasteiger partial charge in [0.2, 0.25) is 5.91 Å². The van der Waals surface area contributed by atoms with Crippen molar-refractivity contribution in [3.05, 3.63) is 83.4 Å². The molecule has 0 fully saturated rings. The van der Waals surface area contributed by atoms with Crippen molar-refractivity contribution < 1.29 is 19.1 Å². The number of carbonyl (C=O) groups is 2. The molecule has 2 amide bonds. The molecular formula is C25H25ClN2O4. The number of anilines is 2. The van der Waals surface area contributed by atoms with Gasteiger partial charge >= 0.3 is 0 Å². The van der Waals surface area contributed by atoms with Gasteiger partial charge in [-0.25, -0.2) is 0 Å². The molecule has 0 aliphatic rings. The molecule has 0 saturated carbocycles. The van der Waals surface area contributed by atoms with Crippen molar-refractivity contribution in [1.29, 1.82) is 0 Å². The standard InChI is InChI=1S/C25H25ClN2O4/c1-31-22-9-2-3-10-23(22)32-17-25(30)28-21-8-5-7-20(16-21)27-24(29)11-4-6-18-12-14-19(26)15-13-18/h2-3,5,7-10,12-16H,4,6,11,17H2,1H3,(H,27,29)(H,28,30). The highest BCUT2D eigenvalue weighted by Crippen LogP contribution is 2.25. The lowest BCUT2D eigenvalue weighted by Crippen LogP contribution is -2.20. The van der Waals surface area contributed by atoms with E-state index in [-0.39, 0.29) is 18.4 Å². The van der Waals surface area contributed by atoms with Gasteiger partial charge in [0.05, 0.1) is 7.11 Å². The largest absolute Gasteiger partial charge is 0.493 e. The summed E-state index contributed by atoms with van der Waals surface area (Å²) in [5.41, 5.74) is 2.32. The van der Waals surface area contributed by atoms with E-state index in [9.17, 15) is 9.59 Å². The molecule has 7 heteroatoms. The summed E-state index contributed by atoms with van der Waals surface area (Å²) in [5.74, 6) is 0.648. The van der Waals surface area contributed by atoms with Crippen LogP contribution in [-0.4, -0.2) is 25.5 Å². The monoisotopic (exact) mass is 452 g/mol. The number of hydrogen-bond acceptors (Lipinski definition) is 4. The SMILES string of the molecule is COc1ccccc1OCC(=O)Nc1cccc(NC(=O)CCCc2ccc(Cl)cc2)c1. The van der Waals surface area contributed by atoms with Gasteiger partial charge in [0.25, 0.3) is 5.91 Å². The van der Waals surface area contributed by atoms with Crippen LogP contribution in [0.5, 0.6) is 11.5 Å². The summed E-state index contributed by atoms with van der Waals surface area (Å²) in [6, 6.07) is 21.7. The summed E-state index contributed by atoms with van der Waals surface area (Å²) in [7, 11) is 1.54. The molecule has 0 saturated heterocycles. The first-order valence-electron chi connectivity index (χ1n) is 10.2. The van der Waals surface area contributed by atoms with E-state index in [0.717, 1.165) is 18.4 Å². The number of methoxy groups -OCH3 is 1. The van der Waals surface area contributed by atoms with Crippen molar-refractivity contribution in [2.24, 2.45) is 0 Å². The van der Waals surface area contributed by atoms with Gasteiger partial charge in [-0.2, -0.15) is 0 Å². The molecule has 0 aromatic heterocycles. The number of rotatable bonds is 10. The van der Waals surface area contributed by atoms with Crippen LogP contribution in [0.25, 0.3) is 0 Å². The van der Waals surface area contributed by atoms with Crippen LogP contribution in [0.3, 0.4) is 0 Å². The zero-order valence-electron chi connectivity index (χ0n) is 17.8. The number of benzene rings is 3. The fourth-order valence-electron chi connectivity index (χ4n) is 3.08. The first-order valence-corrected chi connectivity index (χ1v) is 10.6. The minimum absolute atomic E-state index is 0.0815. The van der Waals surface area contributed by atoms with E-state index in [1.54, 1.807) is 49.6 Å². The van der Waals surface area contributed by atoms with Crippen molar-refractivity contribution >= 4 is 34.8 Å². The summed E-state index contributed by atoms with van der Waals surface area (Å²) in [4.78, 5) is 24.5. The summed E-state index contributed by atoms with van der Waals surface area (Å²) in [5, 5.41) is 6.33. The van der Waals surface area contributed by atoms with Gasteiger partial charge in [-0.1, -0.05) is 41.9 Å². The second-order valence-corrected chi connectivity index (χ2v) is 7.53. The normalized spacial score (nSPS) is 10.3. The molecule has 0 radical (unpaired) electrons. The van der Waals surface area contributed by atoms with Gasteiger partial charge in [-0.05, 0) is 60.9 Å². The number of halogens is 1. The Labute approximate surface area is 192 Å². The van der Waals surface area contributed by atoms with Crippen molar-refractivity contribution in [3.8, 4) is 11.5 Å². The molecule has 6 nitrogen and oxygen atoms in total. The second-order valence-electron chi connectivity index (χ2n) is 7.10. The van der Waals surface area contributed by atoms with Gasteiger partial charge in [-0.3, -0.25) is 9.59 Å². The molecule has 0 heterocycles. The highest BCUT2D eigenvalue weighted by molar-refractivity contribution is 6.30. The fraction of sp³-hybridized carbons (Fsp3) is 0.200. The Kier molecular flexibility index (Phi) is 8.52. The highest BCUT2D eigenvalue weighted by Gasteiger charge is 2.09. The summed E-state index contributed by atoms with van der Waals surface area (Å²) in [6.07, 6.45) is 1.92. The van der Waals surface area contributed by atoms with Crippen molar-refractivity contribution in [1.82, 2.24) is 0 Å². The molecule has 3 rings (SSSR count). The predicted molar refractivity (Wildman–Crippen MR) is 127 cm³/mol. The van der Waals surface area contributed by atoms with Crippen LogP contribution in [-0.2, 0) is 16.0 Å². The van der Waals surface area contributed by atoms with E-state index < -0.39 is 0 Å². The van der Waals surface area contributed by atoms with E-state index in [0.29, 0.717) is 34.3 Å². The molecule has 3 aromatic carbocycles. The first kappa shape index (κ1) is 23.2. The minimum atomic E-state index is -0.317. The molecule has 0 unspecified atom stereocenters. The van der Waals surface area contributed by atoms with E-state index in [1.165, 1.54) is 0 Å². The van der Waals surface area contributed by atoms with E-state index in [1.807, 2.05) is 30.3 Å². The molecule has 3 aromatic rings. The lowest BCUT2D eigenvalue weighted by molar-refractivity contribution is -0.118. The van der Waals surface area contributed by atoms with E-state index in [4.69, 9.17) is 21.1 Å². The summed E-state index contributed by atoms with van der Waals surface area (Å²) >= 11 is 5.89. The fourth-order valence-corrected chi connectivity index (χ4v) is 3.21. The average molecular weight is 453 g/mol. The topological polar surface area (TPSA) is 76.7 Å². The quantitative estimate of drug-likeness (QED) is 0.436. The molecular weight excluding hydrogens is 428 g/mol. The minimum Gasteiger partial charge on any atom is -0.493 e. The highest BCUT2D eigenvalue weighted by atomic mass is 35.5. The lowest BCUT2D eigenvalue weighted by Gasteiger charge is -2.11. The zero-order chi connectivity index (χ0) is 22.8. The Bertz CT molecular complexity index is 1050. The maximum absolute atomic E-state index is 12.3. The van der Waals surface area contributed by atoms with Crippen LogP contribution < -0.4 is 20.1 Å². The van der Waals surface area contributed by atoms with E-state index >= 15 is 0 Å². The third kappa shape index (κ3) is 7.32. The number of nitrogens with one attached hydrogen (secondary N) is 2. The zero-order valence-corrected chi connectivity index (χ0v) is 18.5. The van der Waals surface area contributed by atoms with Crippen LogP contribution >= 0.6 is 11.6 Å². The number of hydrogen-bond donors (Lipinski definition) is 2. The smallest absolute Gasteiger partial charge is 0.262 e. The van der Waals surface area contributed by atoms with Crippen LogP contribution in [0.1, 0.15) is 18.4 Å². The third-order valence-corrected chi connectivity index (χ3v) is 4.89. The lowest BCUT2D eigenvalue weighted by atomic mass is 10.1. The Morgan fingerprint density at radius 2 is 1.50 bits per heavy atom. The Hall–Kier alpha value is -3.51. The molecule has 2 N–H and O–H groups in total. The van der Waals surface area contributed by atoms with Crippen LogP contribution in [0, 0.1) is 0 Å². The molecule has 0 aliphatic carbocycles. The molecule has 0 atom stereocenters. The number of amides is 2. The second kappa shape index (κ2) is 11.8. The molecule has 0 aliphatic heterocycles. The Morgan fingerprint density at radius 1 is 0.844 bits per heavy atom. The van der Waals surface area contributed by atoms with Crippen LogP contribution in [0.4, 0.5) is 11.4 Å². The van der Waals surface area contributed by atoms with Crippen LogP contribution in [0.2, 0.25) is 5.02 Å². The average Bonchev–Trinajstić information content (AvgIpc) is 2.79. The van der Waals surface area contributed by atoms with Crippen LogP contribution in [0.15, 0.2) is 72.8 Å². The van der Waals surface area contributed by atoms with Gasteiger partial charge in [-0.15, -0.1) is 0 Å². The maximum atomic E-state index is 12.3.